The van der Waals surface area contributed by atoms with Gasteiger partial charge in [-0.3, -0.25) is 9.78 Å². The van der Waals surface area contributed by atoms with Crippen LogP contribution in [0.2, 0.25) is 0 Å². The van der Waals surface area contributed by atoms with Gasteiger partial charge in [-0.15, -0.1) is 0 Å². The van der Waals surface area contributed by atoms with Gasteiger partial charge >= 0.3 is 0 Å². The molecular weight excluding hydrogens is 298 g/mol. The van der Waals surface area contributed by atoms with E-state index in [0.717, 1.165) is 34.9 Å². The van der Waals surface area contributed by atoms with Gasteiger partial charge in [0.25, 0.3) is 0 Å². The number of anilines is 1. The van der Waals surface area contributed by atoms with E-state index in [0.29, 0.717) is 5.92 Å². The second kappa shape index (κ2) is 7.31. The molecule has 2 atom stereocenters. The maximum absolute atomic E-state index is 12.9. The van der Waals surface area contributed by atoms with Gasteiger partial charge in [0, 0.05) is 29.5 Å². The largest absolute Gasteiger partial charge is 0.327 e. The summed E-state index contributed by atoms with van der Waals surface area (Å²) in [6, 6.07) is 5.94. The molecule has 3 N–H and O–H groups in total. The highest BCUT2D eigenvalue weighted by molar-refractivity contribution is 5.97. The molecule has 1 saturated carbocycles. The predicted octanol–water partition coefficient (Wildman–Crippen LogP) is 4.03. The lowest BCUT2D eigenvalue weighted by atomic mass is 9.76. The van der Waals surface area contributed by atoms with Crippen LogP contribution in [0.1, 0.15) is 44.6 Å². The van der Waals surface area contributed by atoms with E-state index in [4.69, 9.17) is 5.73 Å². The van der Waals surface area contributed by atoms with Gasteiger partial charge in [-0.25, -0.2) is 0 Å². The van der Waals surface area contributed by atoms with Crippen molar-refractivity contribution in [2.24, 2.45) is 17.6 Å². The smallest absolute Gasteiger partial charge is 0.229 e. The van der Waals surface area contributed by atoms with E-state index >= 15 is 0 Å². The molecule has 1 aromatic heterocycles. The van der Waals surface area contributed by atoms with Crippen LogP contribution in [0.5, 0.6) is 0 Å². The highest BCUT2D eigenvalue weighted by Crippen LogP contribution is 2.33. The van der Waals surface area contributed by atoms with E-state index in [1.807, 2.05) is 32.2 Å². The molecule has 1 aromatic carbocycles. The van der Waals surface area contributed by atoms with Gasteiger partial charge in [0.15, 0.2) is 0 Å². The first-order valence-electron chi connectivity index (χ1n) is 8.97. The van der Waals surface area contributed by atoms with Crippen LogP contribution >= 0.6 is 0 Å². The molecule has 1 heterocycles. The van der Waals surface area contributed by atoms with Crippen molar-refractivity contribution in [3.8, 4) is 0 Å². The molecule has 0 bridgehead atoms. The summed E-state index contributed by atoms with van der Waals surface area (Å²) in [5.74, 6) is 0.356. The fourth-order valence-electron chi connectivity index (χ4n) is 3.98. The number of amides is 1. The fourth-order valence-corrected chi connectivity index (χ4v) is 3.98. The Morgan fingerprint density at radius 3 is 2.71 bits per heavy atom. The zero-order valence-electron chi connectivity index (χ0n) is 14.6. The minimum Gasteiger partial charge on any atom is -0.327 e. The first-order valence-corrected chi connectivity index (χ1v) is 8.97. The van der Waals surface area contributed by atoms with E-state index in [-0.39, 0.29) is 17.9 Å². The zero-order chi connectivity index (χ0) is 17.1. The van der Waals surface area contributed by atoms with Crippen molar-refractivity contribution in [3.63, 3.8) is 0 Å². The van der Waals surface area contributed by atoms with Gasteiger partial charge in [-0.05, 0) is 61.8 Å². The summed E-state index contributed by atoms with van der Waals surface area (Å²) >= 11 is 0. The van der Waals surface area contributed by atoms with E-state index in [2.05, 4.69) is 16.4 Å². The van der Waals surface area contributed by atoms with Gasteiger partial charge in [-0.1, -0.05) is 19.3 Å². The molecule has 4 nitrogen and oxygen atoms in total. The van der Waals surface area contributed by atoms with Crippen LogP contribution in [0.3, 0.4) is 0 Å². The summed E-state index contributed by atoms with van der Waals surface area (Å²) in [6.07, 6.45) is 9.55. The molecule has 128 valence electrons. The second-order valence-corrected chi connectivity index (χ2v) is 7.16. The molecule has 0 aliphatic heterocycles. The molecule has 0 saturated heterocycles. The SMILES string of the molecule is Cc1cc2cnccc2cc1NC(=O)[C@H](C(C)N)C1CCCCC1. The van der Waals surface area contributed by atoms with Crippen molar-refractivity contribution >= 4 is 22.4 Å². The first-order chi connectivity index (χ1) is 11.6. The number of nitrogens with one attached hydrogen (secondary N) is 1. The van der Waals surface area contributed by atoms with Crippen molar-refractivity contribution < 1.29 is 4.79 Å². The number of rotatable bonds is 4. The second-order valence-electron chi connectivity index (χ2n) is 7.16. The summed E-state index contributed by atoms with van der Waals surface area (Å²) < 4.78 is 0. The van der Waals surface area contributed by atoms with Crippen molar-refractivity contribution in [1.82, 2.24) is 4.98 Å². The van der Waals surface area contributed by atoms with E-state index in [1.165, 1.54) is 19.3 Å². The molecule has 4 heteroatoms. The van der Waals surface area contributed by atoms with Crippen molar-refractivity contribution in [3.05, 3.63) is 36.2 Å². The quantitative estimate of drug-likeness (QED) is 0.892. The maximum Gasteiger partial charge on any atom is 0.229 e. The first kappa shape index (κ1) is 16.9. The van der Waals surface area contributed by atoms with E-state index < -0.39 is 0 Å². The number of aryl methyl sites for hydroxylation is 1. The lowest BCUT2D eigenvalue weighted by molar-refractivity contribution is -0.122. The monoisotopic (exact) mass is 325 g/mol. The number of aromatic nitrogens is 1. The number of nitrogens with two attached hydrogens (primary N) is 1. The summed E-state index contributed by atoms with van der Waals surface area (Å²) in [7, 11) is 0. The Bertz CT molecular complexity index is 720. The predicted molar refractivity (Wildman–Crippen MR) is 98.8 cm³/mol. The van der Waals surface area contributed by atoms with Crippen LogP contribution < -0.4 is 11.1 Å². The Hall–Kier alpha value is -1.94. The molecule has 1 aliphatic rings. The molecule has 0 radical (unpaired) electrons. The Balaban J connectivity index is 1.82. The van der Waals surface area contributed by atoms with Gasteiger partial charge < -0.3 is 11.1 Å². The number of hydrogen-bond donors (Lipinski definition) is 2. The van der Waals surface area contributed by atoms with Gasteiger partial charge in [-0.2, -0.15) is 0 Å². The van der Waals surface area contributed by atoms with Gasteiger partial charge in [0.2, 0.25) is 5.91 Å². The topological polar surface area (TPSA) is 68.0 Å². The molecular formula is C20H27N3O. The number of fused-ring (bicyclic) bond motifs is 1. The third-order valence-electron chi connectivity index (χ3n) is 5.27. The average Bonchev–Trinajstić information content (AvgIpc) is 2.56. The maximum atomic E-state index is 12.9. The number of nitrogens with zero attached hydrogens (tertiary/aromatic N) is 1. The third kappa shape index (κ3) is 3.59. The summed E-state index contributed by atoms with van der Waals surface area (Å²) in [5.41, 5.74) is 8.11. The van der Waals surface area contributed by atoms with Crippen LogP contribution in [0.15, 0.2) is 30.6 Å². The average molecular weight is 325 g/mol. The van der Waals surface area contributed by atoms with Gasteiger partial charge in [0.1, 0.15) is 0 Å². The molecule has 1 amide bonds. The summed E-state index contributed by atoms with van der Waals surface area (Å²) in [6.45, 7) is 3.97. The number of carbonyl (C=O) groups is 1. The Kier molecular flexibility index (Phi) is 5.14. The normalized spacial score (nSPS) is 18.3. The zero-order valence-corrected chi connectivity index (χ0v) is 14.6. The van der Waals surface area contributed by atoms with Crippen molar-refractivity contribution in [1.29, 1.82) is 0 Å². The number of carbonyl (C=O) groups excluding carboxylic acids is 1. The molecule has 0 spiro atoms. The summed E-state index contributed by atoms with van der Waals surface area (Å²) in [4.78, 5) is 17.1. The molecule has 3 rings (SSSR count). The Morgan fingerprint density at radius 2 is 2.00 bits per heavy atom. The molecule has 1 fully saturated rings. The minimum atomic E-state index is -0.127. The molecule has 1 aliphatic carbocycles. The van der Waals surface area contributed by atoms with E-state index in [9.17, 15) is 4.79 Å². The number of hydrogen-bond acceptors (Lipinski definition) is 3. The Labute approximate surface area is 143 Å². The fraction of sp³-hybridized carbons (Fsp3) is 0.500. The van der Waals surface area contributed by atoms with Crippen molar-refractivity contribution in [2.75, 3.05) is 5.32 Å². The lowest BCUT2D eigenvalue weighted by Gasteiger charge is -2.32. The van der Waals surface area contributed by atoms with Crippen molar-refractivity contribution in [2.45, 2.75) is 52.0 Å². The molecule has 1 unspecified atom stereocenters. The van der Waals surface area contributed by atoms with Crippen LogP contribution in [0.4, 0.5) is 5.69 Å². The number of pyridine rings is 1. The standard InChI is InChI=1S/C20H27N3O/c1-13-10-17-12-22-9-8-16(17)11-18(13)23-20(24)19(14(2)21)15-6-4-3-5-7-15/h8-12,14-15,19H,3-7,21H2,1-2H3,(H,23,24)/t14?,19-/m1/s1. The molecule has 24 heavy (non-hydrogen) atoms. The minimum absolute atomic E-state index is 0.0633. The van der Waals surface area contributed by atoms with E-state index in [1.54, 1.807) is 6.20 Å². The van der Waals surface area contributed by atoms with Crippen LogP contribution in [0.25, 0.3) is 10.8 Å². The van der Waals surface area contributed by atoms with Gasteiger partial charge in [0.05, 0.1) is 5.92 Å². The highest BCUT2D eigenvalue weighted by atomic mass is 16.1. The third-order valence-corrected chi connectivity index (χ3v) is 5.27. The Morgan fingerprint density at radius 1 is 1.25 bits per heavy atom. The van der Waals surface area contributed by atoms with Crippen LogP contribution in [-0.2, 0) is 4.79 Å². The lowest BCUT2D eigenvalue weighted by Crippen LogP contribution is -2.42. The van der Waals surface area contributed by atoms with Crippen LogP contribution in [-0.4, -0.2) is 16.9 Å². The summed E-state index contributed by atoms with van der Waals surface area (Å²) in [5, 5.41) is 5.31. The number of benzene rings is 1. The van der Waals surface area contributed by atoms with Crippen LogP contribution in [0, 0.1) is 18.8 Å². The molecule has 2 aromatic rings. The highest BCUT2D eigenvalue weighted by Gasteiger charge is 2.32.